The number of carbonyl (C=O) groups is 1. The second kappa shape index (κ2) is 12.7. The van der Waals surface area contributed by atoms with Crippen LogP contribution in [0.1, 0.15) is 31.7 Å². The predicted octanol–water partition coefficient (Wildman–Crippen LogP) is 3.16. The molecule has 1 heterocycles. The van der Waals surface area contributed by atoms with Crippen molar-refractivity contribution in [1.29, 1.82) is 0 Å². The number of aliphatic imine (C=N–C) groups is 1. The number of rotatable bonds is 6. The zero-order chi connectivity index (χ0) is 19.6. The number of hydrogen-bond acceptors (Lipinski definition) is 4. The monoisotopic (exact) mass is 504 g/mol. The molecule has 0 aliphatic carbocycles. The molecule has 8 heteroatoms. The Balaban J connectivity index is 0.00000392. The summed E-state index contributed by atoms with van der Waals surface area (Å²) >= 11 is 0. The molecule has 28 heavy (non-hydrogen) atoms. The third-order valence-electron chi connectivity index (χ3n) is 4.86. The molecule has 1 atom stereocenters. The molecule has 0 spiro atoms. The van der Waals surface area contributed by atoms with Crippen LogP contribution in [0.5, 0.6) is 5.75 Å². The highest BCUT2D eigenvalue weighted by atomic mass is 127. The van der Waals surface area contributed by atoms with Crippen molar-refractivity contribution in [2.45, 2.75) is 26.2 Å². The van der Waals surface area contributed by atoms with Crippen LogP contribution in [0.4, 0.5) is 4.79 Å². The maximum atomic E-state index is 11.8. The van der Waals surface area contributed by atoms with Crippen molar-refractivity contribution in [2.75, 3.05) is 53.5 Å². The first-order chi connectivity index (χ1) is 13.1. The summed E-state index contributed by atoms with van der Waals surface area (Å²) in [5.41, 5.74) is 1.30. The van der Waals surface area contributed by atoms with Crippen molar-refractivity contribution in [3.05, 3.63) is 29.8 Å². The summed E-state index contributed by atoms with van der Waals surface area (Å²) in [5, 5.41) is 3.45. The highest BCUT2D eigenvalue weighted by Gasteiger charge is 2.23. The Morgan fingerprint density at radius 3 is 2.32 bits per heavy atom. The Morgan fingerprint density at radius 1 is 1.18 bits per heavy atom. The van der Waals surface area contributed by atoms with Crippen molar-refractivity contribution in [3.8, 4) is 5.75 Å². The van der Waals surface area contributed by atoms with Gasteiger partial charge in [-0.25, -0.2) is 4.79 Å². The Morgan fingerprint density at radius 2 is 1.79 bits per heavy atom. The number of nitrogens with zero attached hydrogens (tertiary/aromatic N) is 3. The van der Waals surface area contributed by atoms with Gasteiger partial charge in [0.05, 0.1) is 13.7 Å². The molecule has 2 rings (SSSR count). The first-order valence-corrected chi connectivity index (χ1v) is 9.60. The molecule has 1 aliphatic heterocycles. The molecule has 1 fully saturated rings. The van der Waals surface area contributed by atoms with Crippen LogP contribution >= 0.6 is 24.0 Å². The minimum atomic E-state index is -0.228. The van der Waals surface area contributed by atoms with Gasteiger partial charge in [0.1, 0.15) is 5.75 Å². The van der Waals surface area contributed by atoms with E-state index in [2.05, 4.69) is 34.3 Å². The van der Waals surface area contributed by atoms with E-state index in [0.717, 1.165) is 37.8 Å². The van der Waals surface area contributed by atoms with Gasteiger partial charge in [-0.2, -0.15) is 0 Å². The topological polar surface area (TPSA) is 66.4 Å². The number of benzene rings is 1. The van der Waals surface area contributed by atoms with E-state index < -0.39 is 0 Å². The van der Waals surface area contributed by atoms with E-state index in [0.29, 0.717) is 25.6 Å². The van der Waals surface area contributed by atoms with E-state index in [1.165, 1.54) is 5.56 Å². The quantitative estimate of drug-likeness (QED) is 0.367. The van der Waals surface area contributed by atoms with Crippen molar-refractivity contribution in [2.24, 2.45) is 4.99 Å². The molecular weight excluding hydrogens is 471 g/mol. The third-order valence-corrected chi connectivity index (χ3v) is 4.86. The molecule has 1 aliphatic rings. The van der Waals surface area contributed by atoms with E-state index >= 15 is 0 Å². The molecule has 1 saturated heterocycles. The fourth-order valence-corrected chi connectivity index (χ4v) is 3.15. The van der Waals surface area contributed by atoms with E-state index in [-0.39, 0.29) is 30.1 Å². The lowest BCUT2D eigenvalue weighted by Crippen LogP contribution is -2.54. The maximum Gasteiger partial charge on any atom is 0.409 e. The molecule has 1 aromatic carbocycles. The summed E-state index contributed by atoms with van der Waals surface area (Å²) in [6.07, 6.45) is 0.780. The number of guanidine groups is 1. The lowest BCUT2D eigenvalue weighted by Gasteiger charge is -2.36. The fourth-order valence-electron chi connectivity index (χ4n) is 3.15. The minimum absolute atomic E-state index is 0. The van der Waals surface area contributed by atoms with Crippen LogP contribution in [-0.4, -0.2) is 75.3 Å². The first kappa shape index (κ1) is 24.3. The number of ether oxygens (including phenoxy) is 2. The first-order valence-electron chi connectivity index (χ1n) is 9.60. The standard InChI is InChI=1S/C20H32N4O3.HI/c1-5-27-20(25)24-14-12-23(13-15-24)19(21-3)22-11-10-16(2)17-6-8-18(26-4)9-7-17;/h6-9,16H,5,10-15H2,1-4H3,(H,21,22);1H. The molecule has 1 aromatic rings. The summed E-state index contributed by atoms with van der Waals surface area (Å²) < 4.78 is 10.3. The predicted molar refractivity (Wildman–Crippen MR) is 123 cm³/mol. The van der Waals surface area contributed by atoms with Gasteiger partial charge in [0, 0.05) is 39.8 Å². The van der Waals surface area contributed by atoms with Crippen LogP contribution in [0.15, 0.2) is 29.3 Å². The zero-order valence-corrected chi connectivity index (χ0v) is 19.6. The molecular formula is C20H33IN4O3. The molecule has 158 valence electrons. The number of hydrogen-bond donors (Lipinski definition) is 1. The van der Waals surface area contributed by atoms with Gasteiger partial charge >= 0.3 is 6.09 Å². The third kappa shape index (κ3) is 7.03. The largest absolute Gasteiger partial charge is 0.497 e. The van der Waals surface area contributed by atoms with E-state index in [9.17, 15) is 4.79 Å². The Kier molecular flexibility index (Phi) is 11.0. The zero-order valence-electron chi connectivity index (χ0n) is 17.3. The van der Waals surface area contributed by atoms with Crippen LogP contribution in [0.25, 0.3) is 0 Å². The molecule has 0 bridgehead atoms. The highest BCUT2D eigenvalue weighted by Crippen LogP contribution is 2.21. The fraction of sp³-hybridized carbons (Fsp3) is 0.600. The van der Waals surface area contributed by atoms with Gasteiger partial charge in [-0.15, -0.1) is 24.0 Å². The number of halogens is 1. The van der Waals surface area contributed by atoms with Gasteiger partial charge in [-0.3, -0.25) is 4.99 Å². The second-order valence-corrected chi connectivity index (χ2v) is 6.61. The highest BCUT2D eigenvalue weighted by molar-refractivity contribution is 14.0. The normalized spacial score (nSPS) is 15.5. The number of methoxy groups -OCH3 is 1. The van der Waals surface area contributed by atoms with Gasteiger partial charge in [-0.05, 0) is 37.0 Å². The SMILES string of the molecule is CCOC(=O)N1CCN(C(=NC)NCCC(C)c2ccc(OC)cc2)CC1.I. The molecule has 1 unspecified atom stereocenters. The smallest absolute Gasteiger partial charge is 0.409 e. The van der Waals surface area contributed by atoms with E-state index in [1.54, 1.807) is 19.1 Å². The van der Waals surface area contributed by atoms with Gasteiger partial charge in [0.2, 0.25) is 0 Å². The summed E-state index contributed by atoms with van der Waals surface area (Å²) in [6, 6.07) is 8.24. The van der Waals surface area contributed by atoms with Crippen LogP contribution in [-0.2, 0) is 4.74 Å². The summed E-state index contributed by atoms with van der Waals surface area (Å²) in [5.74, 6) is 2.22. The van der Waals surface area contributed by atoms with Crippen LogP contribution in [0.2, 0.25) is 0 Å². The van der Waals surface area contributed by atoms with E-state index in [1.807, 2.05) is 19.1 Å². The Hall–Kier alpha value is -1.71. The van der Waals surface area contributed by atoms with Gasteiger partial charge in [0.15, 0.2) is 5.96 Å². The van der Waals surface area contributed by atoms with Crippen LogP contribution in [0, 0.1) is 0 Å². The van der Waals surface area contributed by atoms with Crippen molar-refractivity contribution in [3.63, 3.8) is 0 Å². The number of amides is 1. The van der Waals surface area contributed by atoms with Gasteiger partial charge < -0.3 is 24.6 Å². The van der Waals surface area contributed by atoms with Crippen molar-refractivity contribution < 1.29 is 14.3 Å². The summed E-state index contributed by atoms with van der Waals surface area (Å²) in [6.45, 7) is 8.13. The van der Waals surface area contributed by atoms with E-state index in [4.69, 9.17) is 9.47 Å². The average Bonchev–Trinajstić information content (AvgIpc) is 2.71. The van der Waals surface area contributed by atoms with Gasteiger partial charge in [-0.1, -0.05) is 19.1 Å². The maximum absolute atomic E-state index is 11.8. The van der Waals surface area contributed by atoms with Crippen molar-refractivity contribution in [1.82, 2.24) is 15.1 Å². The molecule has 0 radical (unpaired) electrons. The summed E-state index contributed by atoms with van der Waals surface area (Å²) in [4.78, 5) is 20.1. The number of piperazine rings is 1. The molecule has 1 amide bonds. The van der Waals surface area contributed by atoms with Crippen LogP contribution < -0.4 is 10.1 Å². The molecule has 7 nitrogen and oxygen atoms in total. The minimum Gasteiger partial charge on any atom is -0.497 e. The van der Waals surface area contributed by atoms with Crippen molar-refractivity contribution >= 4 is 36.0 Å². The average molecular weight is 504 g/mol. The lowest BCUT2D eigenvalue weighted by molar-refractivity contribution is 0.0914. The molecule has 0 aromatic heterocycles. The second-order valence-electron chi connectivity index (χ2n) is 6.61. The molecule has 1 N–H and O–H groups in total. The lowest BCUT2D eigenvalue weighted by atomic mass is 9.98. The molecule has 0 saturated carbocycles. The van der Waals surface area contributed by atoms with Gasteiger partial charge in [0.25, 0.3) is 0 Å². The summed E-state index contributed by atoms with van der Waals surface area (Å²) in [7, 11) is 3.48. The number of carbonyl (C=O) groups excluding carboxylic acids is 1. The van der Waals surface area contributed by atoms with Crippen LogP contribution in [0.3, 0.4) is 0 Å². The Bertz CT molecular complexity index is 616. The Labute approximate surface area is 185 Å². The number of nitrogens with one attached hydrogen (secondary N) is 1.